The van der Waals surface area contributed by atoms with Crippen LogP contribution in [-0.2, 0) is 26.2 Å². The molecular formula is C26H37N3O6S. The third-order valence-corrected chi connectivity index (χ3v) is 6.77. The van der Waals surface area contributed by atoms with Crippen LogP contribution < -0.4 is 19.1 Å². The number of amides is 2. The van der Waals surface area contributed by atoms with E-state index in [9.17, 15) is 18.0 Å². The largest absolute Gasteiger partial charge is 0.493 e. The van der Waals surface area contributed by atoms with E-state index in [2.05, 4.69) is 5.32 Å². The van der Waals surface area contributed by atoms with Crippen molar-refractivity contribution < 1.29 is 27.5 Å². The number of hydrogen-bond acceptors (Lipinski definition) is 6. The van der Waals surface area contributed by atoms with Gasteiger partial charge in [-0.1, -0.05) is 36.8 Å². The number of nitrogens with one attached hydrogen (secondary N) is 1. The van der Waals surface area contributed by atoms with Crippen molar-refractivity contribution in [3.63, 3.8) is 0 Å². The molecule has 0 aromatic heterocycles. The van der Waals surface area contributed by atoms with Crippen molar-refractivity contribution in [1.29, 1.82) is 0 Å². The first-order chi connectivity index (χ1) is 16.9. The molecule has 0 radical (unpaired) electrons. The van der Waals surface area contributed by atoms with Crippen LogP contribution in [0.15, 0.2) is 42.5 Å². The number of sulfonamides is 1. The molecule has 10 heteroatoms. The standard InChI is InChI=1S/C26H37N3O6S/c1-8-22(26(31)27-18(2)3)28(16-20-11-9-19(4)10-12-20)25(30)17-29(36(7,32)33)21-13-14-23(34-5)24(15-21)35-6/h9-15,18,22H,8,16-17H2,1-7H3,(H,27,31). The zero-order valence-electron chi connectivity index (χ0n) is 22.1. The van der Waals surface area contributed by atoms with Crippen molar-refractivity contribution in [2.24, 2.45) is 0 Å². The number of carbonyl (C=O) groups is 2. The van der Waals surface area contributed by atoms with Crippen LogP contribution in [0.5, 0.6) is 11.5 Å². The molecule has 2 rings (SSSR count). The quantitative estimate of drug-likeness (QED) is 0.462. The molecular weight excluding hydrogens is 482 g/mol. The Morgan fingerprint density at radius 3 is 2.11 bits per heavy atom. The fourth-order valence-corrected chi connectivity index (χ4v) is 4.63. The highest BCUT2D eigenvalue weighted by molar-refractivity contribution is 7.92. The van der Waals surface area contributed by atoms with Crippen LogP contribution >= 0.6 is 0 Å². The molecule has 2 aromatic rings. The number of ether oxygens (including phenoxy) is 2. The lowest BCUT2D eigenvalue weighted by atomic mass is 10.1. The predicted molar refractivity (Wildman–Crippen MR) is 141 cm³/mol. The number of carbonyl (C=O) groups excluding carboxylic acids is 2. The van der Waals surface area contributed by atoms with Gasteiger partial charge in [-0.3, -0.25) is 13.9 Å². The molecule has 0 aliphatic carbocycles. The van der Waals surface area contributed by atoms with E-state index in [0.29, 0.717) is 17.9 Å². The molecule has 0 spiro atoms. The molecule has 36 heavy (non-hydrogen) atoms. The molecule has 9 nitrogen and oxygen atoms in total. The number of nitrogens with zero attached hydrogens (tertiary/aromatic N) is 2. The van der Waals surface area contributed by atoms with Crippen LogP contribution in [0.25, 0.3) is 0 Å². The van der Waals surface area contributed by atoms with E-state index in [0.717, 1.165) is 21.7 Å². The van der Waals surface area contributed by atoms with Crippen molar-refractivity contribution in [2.75, 3.05) is 31.3 Å². The average molecular weight is 520 g/mol. The Balaban J connectivity index is 2.48. The highest BCUT2D eigenvalue weighted by Crippen LogP contribution is 2.32. The molecule has 1 unspecified atom stereocenters. The monoisotopic (exact) mass is 519 g/mol. The molecule has 1 atom stereocenters. The summed E-state index contributed by atoms with van der Waals surface area (Å²) in [4.78, 5) is 28.2. The van der Waals surface area contributed by atoms with Crippen LogP contribution in [-0.4, -0.2) is 64.2 Å². The van der Waals surface area contributed by atoms with Crippen molar-refractivity contribution >= 4 is 27.5 Å². The lowest BCUT2D eigenvalue weighted by Gasteiger charge is -2.33. The zero-order valence-corrected chi connectivity index (χ0v) is 22.9. The first-order valence-corrected chi connectivity index (χ1v) is 13.6. The van der Waals surface area contributed by atoms with Crippen molar-refractivity contribution in [3.8, 4) is 11.5 Å². The summed E-state index contributed by atoms with van der Waals surface area (Å²) in [7, 11) is -0.930. The Morgan fingerprint density at radius 2 is 1.61 bits per heavy atom. The van der Waals surface area contributed by atoms with Gasteiger partial charge in [0.05, 0.1) is 26.2 Å². The van der Waals surface area contributed by atoms with Gasteiger partial charge in [0.1, 0.15) is 12.6 Å². The van der Waals surface area contributed by atoms with Crippen LogP contribution in [0.3, 0.4) is 0 Å². The summed E-state index contributed by atoms with van der Waals surface area (Å²) in [6.07, 6.45) is 1.40. The maximum absolute atomic E-state index is 13.7. The molecule has 0 aliphatic heterocycles. The van der Waals surface area contributed by atoms with E-state index in [1.54, 1.807) is 12.1 Å². The van der Waals surface area contributed by atoms with E-state index in [-0.39, 0.29) is 24.2 Å². The molecule has 198 valence electrons. The second kappa shape index (κ2) is 12.6. The normalized spacial score (nSPS) is 12.1. The van der Waals surface area contributed by atoms with Gasteiger partial charge in [-0.2, -0.15) is 0 Å². The lowest BCUT2D eigenvalue weighted by Crippen LogP contribution is -2.53. The zero-order chi connectivity index (χ0) is 27.0. The first kappa shape index (κ1) is 29.0. The summed E-state index contributed by atoms with van der Waals surface area (Å²) >= 11 is 0. The minimum atomic E-state index is -3.85. The maximum Gasteiger partial charge on any atom is 0.244 e. The van der Waals surface area contributed by atoms with Crippen LogP contribution in [0.2, 0.25) is 0 Å². The second-order valence-corrected chi connectivity index (χ2v) is 10.8. The van der Waals surface area contributed by atoms with Crippen molar-refractivity contribution in [3.05, 3.63) is 53.6 Å². The Hall–Kier alpha value is -3.27. The van der Waals surface area contributed by atoms with E-state index in [4.69, 9.17) is 9.47 Å². The Bertz CT molecular complexity index is 1150. The molecule has 0 bridgehead atoms. The van der Waals surface area contributed by atoms with Crippen molar-refractivity contribution in [2.45, 2.75) is 52.7 Å². The fraction of sp³-hybridized carbons (Fsp3) is 0.462. The highest BCUT2D eigenvalue weighted by Gasteiger charge is 2.32. The number of benzene rings is 2. The van der Waals surface area contributed by atoms with Gasteiger partial charge >= 0.3 is 0 Å². The van der Waals surface area contributed by atoms with Crippen LogP contribution in [0.4, 0.5) is 5.69 Å². The van der Waals surface area contributed by atoms with E-state index < -0.39 is 28.5 Å². The van der Waals surface area contributed by atoms with Gasteiger partial charge in [0.25, 0.3) is 0 Å². The van der Waals surface area contributed by atoms with Crippen LogP contribution in [0.1, 0.15) is 38.3 Å². The smallest absolute Gasteiger partial charge is 0.244 e. The molecule has 2 amide bonds. The minimum absolute atomic E-state index is 0.109. The summed E-state index contributed by atoms with van der Waals surface area (Å²) < 4.78 is 37.1. The van der Waals surface area contributed by atoms with E-state index in [1.165, 1.54) is 25.2 Å². The van der Waals surface area contributed by atoms with Gasteiger partial charge in [-0.25, -0.2) is 8.42 Å². The van der Waals surface area contributed by atoms with Gasteiger partial charge < -0.3 is 19.7 Å². The number of methoxy groups -OCH3 is 2. The minimum Gasteiger partial charge on any atom is -0.493 e. The van der Waals surface area contributed by atoms with Gasteiger partial charge in [-0.15, -0.1) is 0 Å². The Morgan fingerprint density at radius 1 is 1.00 bits per heavy atom. The van der Waals surface area contributed by atoms with Gasteiger partial charge in [-0.05, 0) is 44.9 Å². The Kier molecular flexibility index (Phi) is 10.2. The number of hydrogen-bond donors (Lipinski definition) is 1. The molecule has 0 saturated heterocycles. The molecule has 0 saturated carbocycles. The third-order valence-electron chi connectivity index (χ3n) is 5.62. The highest BCUT2D eigenvalue weighted by atomic mass is 32.2. The fourth-order valence-electron chi connectivity index (χ4n) is 3.78. The SMILES string of the molecule is CCC(C(=O)NC(C)C)N(Cc1ccc(C)cc1)C(=O)CN(c1ccc(OC)c(OC)c1)S(C)(=O)=O. The lowest BCUT2D eigenvalue weighted by molar-refractivity contribution is -0.140. The number of anilines is 1. The van der Waals surface area contributed by atoms with E-state index >= 15 is 0 Å². The molecule has 0 fully saturated rings. The van der Waals surface area contributed by atoms with Gasteiger partial charge in [0.15, 0.2) is 11.5 Å². The van der Waals surface area contributed by atoms with Crippen molar-refractivity contribution in [1.82, 2.24) is 10.2 Å². The number of rotatable bonds is 12. The van der Waals surface area contributed by atoms with E-state index in [1.807, 2.05) is 52.0 Å². The second-order valence-electron chi connectivity index (χ2n) is 8.90. The Labute approximate surface area is 214 Å². The summed E-state index contributed by atoms with van der Waals surface area (Å²) in [5.41, 5.74) is 2.15. The van der Waals surface area contributed by atoms with Crippen LogP contribution in [0, 0.1) is 6.92 Å². The topological polar surface area (TPSA) is 105 Å². The summed E-state index contributed by atoms with van der Waals surface area (Å²) in [5, 5.41) is 2.87. The summed E-state index contributed by atoms with van der Waals surface area (Å²) in [6, 6.07) is 11.4. The molecule has 1 N–H and O–H groups in total. The number of aryl methyl sites for hydroxylation is 1. The predicted octanol–water partition coefficient (Wildman–Crippen LogP) is 3.11. The third kappa shape index (κ3) is 7.61. The average Bonchev–Trinajstić information content (AvgIpc) is 2.81. The van der Waals surface area contributed by atoms with Gasteiger partial charge in [0.2, 0.25) is 21.8 Å². The maximum atomic E-state index is 13.7. The summed E-state index contributed by atoms with van der Waals surface area (Å²) in [6.45, 7) is 7.16. The first-order valence-electron chi connectivity index (χ1n) is 11.8. The molecule has 2 aromatic carbocycles. The van der Waals surface area contributed by atoms with Gasteiger partial charge in [0, 0.05) is 18.7 Å². The molecule has 0 aliphatic rings. The molecule has 0 heterocycles. The summed E-state index contributed by atoms with van der Waals surface area (Å²) in [5.74, 6) is -0.0275.